The Labute approximate surface area is 165 Å². The van der Waals surface area contributed by atoms with Gasteiger partial charge in [-0.15, -0.1) is 0 Å². The summed E-state index contributed by atoms with van der Waals surface area (Å²) in [6, 6.07) is 14.5. The van der Waals surface area contributed by atoms with Crippen LogP contribution in [0, 0.1) is 0 Å². The summed E-state index contributed by atoms with van der Waals surface area (Å²) < 4.78 is 5.25. The molecule has 1 atom stereocenters. The minimum absolute atomic E-state index is 0.0867. The Hall–Kier alpha value is -3.94. The summed E-state index contributed by atoms with van der Waals surface area (Å²) in [6.45, 7) is 2.84. The maximum atomic E-state index is 12.5. The van der Waals surface area contributed by atoms with Crippen molar-refractivity contribution in [1.29, 1.82) is 0 Å². The second-order valence-electron chi connectivity index (χ2n) is 6.39. The van der Waals surface area contributed by atoms with Gasteiger partial charge in [0.25, 0.3) is 5.91 Å². The predicted octanol–water partition coefficient (Wildman–Crippen LogP) is 2.67. The van der Waals surface area contributed by atoms with Crippen molar-refractivity contribution in [3.63, 3.8) is 0 Å². The number of carbonyl (C=O) groups excluding carboxylic acids is 3. The number of aromatic amines is 1. The van der Waals surface area contributed by atoms with Gasteiger partial charge in [0.1, 0.15) is 0 Å². The molecule has 0 unspecified atom stereocenters. The maximum Gasteiger partial charge on any atom is 0.339 e. The molecule has 8 nitrogen and oxygen atoms in total. The summed E-state index contributed by atoms with van der Waals surface area (Å²) in [5, 5.41) is 5.78. The summed E-state index contributed by atoms with van der Waals surface area (Å²) in [7, 11) is 0. The molecule has 0 aliphatic carbocycles. The number of aromatic nitrogens is 1. The number of anilines is 2. The molecule has 0 saturated carbocycles. The van der Waals surface area contributed by atoms with Gasteiger partial charge in [-0.3, -0.25) is 14.4 Å². The van der Waals surface area contributed by atoms with E-state index in [0.29, 0.717) is 22.3 Å². The molecule has 0 aliphatic heterocycles. The van der Waals surface area contributed by atoms with Gasteiger partial charge >= 0.3 is 5.97 Å². The van der Waals surface area contributed by atoms with Crippen LogP contribution in [0.15, 0.2) is 59.4 Å². The SMILES string of the molecule is CC(=O)Nc1ccc(NC(=O)[C@@H](C)OC(=O)c2cc(=O)[nH]c3ccccc23)cc1. The van der Waals surface area contributed by atoms with Crippen molar-refractivity contribution in [2.45, 2.75) is 20.0 Å². The van der Waals surface area contributed by atoms with Gasteiger partial charge in [-0.2, -0.15) is 0 Å². The molecule has 29 heavy (non-hydrogen) atoms. The molecule has 1 heterocycles. The topological polar surface area (TPSA) is 117 Å². The zero-order chi connectivity index (χ0) is 21.0. The molecule has 3 rings (SSSR count). The average Bonchev–Trinajstić information content (AvgIpc) is 2.68. The fourth-order valence-corrected chi connectivity index (χ4v) is 2.74. The third-order valence-electron chi connectivity index (χ3n) is 4.10. The lowest BCUT2D eigenvalue weighted by Crippen LogP contribution is -2.30. The van der Waals surface area contributed by atoms with Gasteiger partial charge in [0, 0.05) is 35.3 Å². The summed E-state index contributed by atoms with van der Waals surface area (Å²) in [5.74, 6) is -1.50. The van der Waals surface area contributed by atoms with Gasteiger partial charge < -0.3 is 20.4 Å². The number of hydrogen-bond acceptors (Lipinski definition) is 5. The number of pyridine rings is 1. The van der Waals surface area contributed by atoms with Gasteiger partial charge in [0.2, 0.25) is 11.5 Å². The summed E-state index contributed by atoms with van der Waals surface area (Å²) in [4.78, 5) is 50.3. The Morgan fingerprint density at radius 1 is 0.966 bits per heavy atom. The summed E-state index contributed by atoms with van der Waals surface area (Å²) in [6.07, 6.45) is -1.09. The molecule has 3 N–H and O–H groups in total. The molecule has 2 amide bonds. The standard InChI is InChI=1S/C21H19N3O5/c1-12(20(27)23-15-9-7-14(8-10-15)22-13(2)25)29-21(28)17-11-19(26)24-18-6-4-3-5-16(17)18/h3-12H,1-2H3,(H,22,25)(H,23,27)(H,24,26)/t12-/m1/s1. The van der Waals surface area contributed by atoms with Crippen LogP contribution in [0.5, 0.6) is 0 Å². The lowest BCUT2D eigenvalue weighted by molar-refractivity contribution is -0.123. The maximum absolute atomic E-state index is 12.5. The van der Waals surface area contributed by atoms with Crippen molar-refractivity contribution in [3.05, 3.63) is 70.5 Å². The second-order valence-corrected chi connectivity index (χ2v) is 6.39. The van der Waals surface area contributed by atoms with E-state index in [9.17, 15) is 19.2 Å². The van der Waals surface area contributed by atoms with E-state index < -0.39 is 23.5 Å². The fraction of sp³-hybridized carbons (Fsp3) is 0.143. The molecule has 0 radical (unpaired) electrons. The summed E-state index contributed by atoms with van der Waals surface area (Å²) in [5.41, 5.74) is 1.23. The van der Waals surface area contributed by atoms with E-state index in [1.54, 1.807) is 48.5 Å². The lowest BCUT2D eigenvalue weighted by Gasteiger charge is -2.14. The highest BCUT2D eigenvalue weighted by Crippen LogP contribution is 2.17. The first-order chi connectivity index (χ1) is 13.8. The smallest absolute Gasteiger partial charge is 0.339 e. The molecule has 8 heteroatoms. The van der Waals surface area contributed by atoms with Crippen LogP contribution in [0.1, 0.15) is 24.2 Å². The van der Waals surface area contributed by atoms with Crippen LogP contribution in [-0.2, 0) is 14.3 Å². The Bertz CT molecular complexity index is 1140. The Kier molecular flexibility index (Phi) is 5.73. The van der Waals surface area contributed by atoms with E-state index in [1.807, 2.05) is 0 Å². The number of para-hydroxylation sites is 1. The van der Waals surface area contributed by atoms with Crippen LogP contribution in [0.3, 0.4) is 0 Å². The summed E-state index contributed by atoms with van der Waals surface area (Å²) >= 11 is 0. The third-order valence-corrected chi connectivity index (χ3v) is 4.10. The minimum atomic E-state index is -1.09. The number of hydrogen-bond donors (Lipinski definition) is 3. The monoisotopic (exact) mass is 393 g/mol. The molecule has 0 aliphatic rings. The van der Waals surface area contributed by atoms with E-state index in [4.69, 9.17) is 4.74 Å². The van der Waals surface area contributed by atoms with E-state index in [0.717, 1.165) is 6.07 Å². The van der Waals surface area contributed by atoms with Crippen LogP contribution in [-0.4, -0.2) is 28.9 Å². The average molecular weight is 393 g/mol. The van der Waals surface area contributed by atoms with Crippen molar-refractivity contribution in [2.24, 2.45) is 0 Å². The first kappa shape index (κ1) is 19.8. The van der Waals surface area contributed by atoms with Crippen molar-refractivity contribution >= 4 is 40.1 Å². The van der Waals surface area contributed by atoms with E-state index in [2.05, 4.69) is 15.6 Å². The Balaban J connectivity index is 1.69. The molecule has 0 saturated heterocycles. The normalized spacial score (nSPS) is 11.5. The van der Waals surface area contributed by atoms with Crippen LogP contribution in [0.25, 0.3) is 10.9 Å². The van der Waals surface area contributed by atoms with Gasteiger partial charge in [0.15, 0.2) is 6.10 Å². The largest absolute Gasteiger partial charge is 0.449 e. The first-order valence-corrected chi connectivity index (χ1v) is 8.85. The molecule has 148 valence electrons. The van der Waals surface area contributed by atoms with Crippen LogP contribution < -0.4 is 16.2 Å². The number of benzene rings is 2. The first-order valence-electron chi connectivity index (χ1n) is 8.85. The molecular formula is C21H19N3O5. The lowest BCUT2D eigenvalue weighted by atomic mass is 10.1. The number of fused-ring (bicyclic) bond motifs is 1. The van der Waals surface area contributed by atoms with E-state index in [1.165, 1.54) is 13.8 Å². The Morgan fingerprint density at radius 3 is 2.24 bits per heavy atom. The van der Waals surface area contributed by atoms with Crippen LogP contribution >= 0.6 is 0 Å². The zero-order valence-electron chi connectivity index (χ0n) is 15.8. The quantitative estimate of drug-likeness (QED) is 0.576. The molecule has 0 bridgehead atoms. The number of nitrogens with one attached hydrogen (secondary N) is 3. The van der Waals surface area contributed by atoms with Crippen molar-refractivity contribution in [1.82, 2.24) is 4.98 Å². The zero-order valence-corrected chi connectivity index (χ0v) is 15.8. The second kappa shape index (κ2) is 8.39. The number of H-pyrrole nitrogens is 1. The molecule has 0 spiro atoms. The molecule has 2 aromatic carbocycles. The molecule has 3 aromatic rings. The van der Waals surface area contributed by atoms with Crippen molar-refractivity contribution < 1.29 is 19.1 Å². The number of amides is 2. The van der Waals surface area contributed by atoms with Gasteiger partial charge in [0.05, 0.1) is 5.56 Å². The van der Waals surface area contributed by atoms with Crippen molar-refractivity contribution in [2.75, 3.05) is 10.6 Å². The molecule has 1 aromatic heterocycles. The van der Waals surface area contributed by atoms with E-state index in [-0.39, 0.29) is 11.5 Å². The number of esters is 1. The van der Waals surface area contributed by atoms with Crippen LogP contribution in [0.4, 0.5) is 11.4 Å². The van der Waals surface area contributed by atoms with E-state index >= 15 is 0 Å². The highest BCUT2D eigenvalue weighted by Gasteiger charge is 2.21. The van der Waals surface area contributed by atoms with Crippen molar-refractivity contribution in [3.8, 4) is 0 Å². The highest BCUT2D eigenvalue weighted by atomic mass is 16.5. The fourth-order valence-electron chi connectivity index (χ4n) is 2.74. The highest BCUT2D eigenvalue weighted by molar-refractivity contribution is 6.04. The number of rotatable bonds is 5. The third kappa shape index (κ3) is 4.86. The minimum Gasteiger partial charge on any atom is -0.449 e. The number of carbonyl (C=O) groups is 3. The van der Waals surface area contributed by atoms with Gasteiger partial charge in [-0.05, 0) is 37.3 Å². The predicted molar refractivity (Wildman–Crippen MR) is 109 cm³/mol. The molecule has 0 fully saturated rings. The van der Waals surface area contributed by atoms with Gasteiger partial charge in [-0.1, -0.05) is 18.2 Å². The Morgan fingerprint density at radius 2 is 1.59 bits per heavy atom. The van der Waals surface area contributed by atoms with Crippen LogP contribution in [0.2, 0.25) is 0 Å². The molecular weight excluding hydrogens is 374 g/mol. The van der Waals surface area contributed by atoms with Gasteiger partial charge in [-0.25, -0.2) is 4.79 Å². The number of ether oxygens (including phenoxy) is 1.